The van der Waals surface area contributed by atoms with Crippen LogP contribution in [0.5, 0.6) is 0 Å². The smallest absolute Gasteiger partial charge is 0.171 e. The third kappa shape index (κ3) is 5.42. The van der Waals surface area contributed by atoms with Crippen molar-refractivity contribution in [3.63, 3.8) is 0 Å². The summed E-state index contributed by atoms with van der Waals surface area (Å²) in [5.41, 5.74) is 22.5. The number of hydrogen-bond donors (Lipinski definition) is 0. The summed E-state index contributed by atoms with van der Waals surface area (Å²) in [6.45, 7) is 11.2. The molecule has 9 aromatic rings. The van der Waals surface area contributed by atoms with Gasteiger partial charge in [0.15, 0.2) is 8.80 Å². The molecule has 3 aliphatic rings. The molecule has 0 spiro atoms. The Morgan fingerprint density at radius 3 is 1.23 bits per heavy atom. The Balaban J connectivity index is 1.16. The molecular formula is C57H44N3Si. The number of rotatable bonds is 5. The summed E-state index contributed by atoms with van der Waals surface area (Å²) >= 11 is 0. The van der Waals surface area contributed by atoms with E-state index in [1.807, 2.05) is 0 Å². The first-order chi connectivity index (χ1) is 29.8. The zero-order chi connectivity index (χ0) is 41.1. The van der Waals surface area contributed by atoms with Gasteiger partial charge in [-0.2, -0.15) is 0 Å². The van der Waals surface area contributed by atoms with E-state index in [0.29, 0.717) is 0 Å². The van der Waals surface area contributed by atoms with E-state index in [1.54, 1.807) is 0 Å². The molecule has 61 heavy (non-hydrogen) atoms. The molecule has 0 aromatic heterocycles. The molecule has 0 atom stereocenters. The average molecular weight is 799 g/mol. The lowest BCUT2D eigenvalue weighted by Gasteiger charge is -2.50. The highest BCUT2D eigenvalue weighted by Crippen LogP contribution is 2.52. The lowest BCUT2D eigenvalue weighted by atomic mass is 9.93. The van der Waals surface area contributed by atoms with Gasteiger partial charge in [0.05, 0.1) is 5.69 Å². The first-order valence-electron chi connectivity index (χ1n) is 21.3. The summed E-state index contributed by atoms with van der Waals surface area (Å²) in [4.78, 5) is 7.77. The van der Waals surface area contributed by atoms with Crippen LogP contribution >= 0.6 is 0 Å². The van der Waals surface area contributed by atoms with Gasteiger partial charge in [-0.3, -0.25) is 0 Å². The van der Waals surface area contributed by atoms with Crippen LogP contribution in [0.4, 0.5) is 51.2 Å². The summed E-state index contributed by atoms with van der Waals surface area (Å²) in [6.07, 6.45) is 0. The molecular weight excluding hydrogens is 755 g/mol. The van der Waals surface area contributed by atoms with E-state index >= 15 is 0 Å². The molecule has 0 aliphatic carbocycles. The van der Waals surface area contributed by atoms with Crippen molar-refractivity contribution in [2.24, 2.45) is 0 Å². The fourth-order valence-electron chi connectivity index (χ4n) is 10.3. The van der Waals surface area contributed by atoms with E-state index in [-0.39, 0.29) is 0 Å². The van der Waals surface area contributed by atoms with Crippen LogP contribution < -0.4 is 30.3 Å². The summed E-state index contributed by atoms with van der Waals surface area (Å²) in [5.74, 6) is 0. The Morgan fingerprint density at radius 1 is 0.295 bits per heavy atom. The Labute approximate surface area is 360 Å². The van der Waals surface area contributed by atoms with Crippen LogP contribution in [-0.4, -0.2) is 8.80 Å². The summed E-state index contributed by atoms with van der Waals surface area (Å²) in [7, 11) is -1.51. The maximum absolute atomic E-state index is 2.63. The molecule has 0 unspecified atom stereocenters. The Morgan fingerprint density at radius 2 is 0.721 bits per heavy atom. The van der Waals surface area contributed by atoms with Crippen LogP contribution in [0.2, 0.25) is 0 Å². The second-order valence-corrected chi connectivity index (χ2v) is 19.5. The van der Waals surface area contributed by atoms with E-state index in [4.69, 9.17) is 0 Å². The van der Waals surface area contributed by atoms with Gasteiger partial charge in [0.2, 0.25) is 0 Å². The van der Waals surface area contributed by atoms with E-state index in [0.717, 1.165) is 0 Å². The van der Waals surface area contributed by atoms with Gasteiger partial charge in [-0.25, -0.2) is 0 Å². The van der Waals surface area contributed by atoms with Gasteiger partial charge in [0.1, 0.15) is 0 Å². The number of anilines is 9. The monoisotopic (exact) mass is 798 g/mol. The predicted molar refractivity (Wildman–Crippen MR) is 261 cm³/mol. The number of aryl methyl sites for hydroxylation is 5. The topological polar surface area (TPSA) is 9.72 Å². The lowest BCUT2D eigenvalue weighted by molar-refractivity contribution is 1.20. The Bertz CT molecular complexity index is 3130. The molecule has 0 bridgehead atoms. The molecule has 3 nitrogen and oxygen atoms in total. The minimum absolute atomic E-state index is 1.19. The fraction of sp³-hybridized carbons (Fsp3) is 0.0877. The first-order valence-corrected chi connectivity index (χ1v) is 22.8. The van der Waals surface area contributed by atoms with Crippen molar-refractivity contribution >= 4 is 86.3 Å². The SMILES string of the molecule is Cc1ccc(N2c3cc(C)cc4c3[Si]3c5c2cc(C)cc5N(c2ccc(-c5cccc(-c6ccccc6)c5)c5ccccc25)c2cc(C)cc(c23)N4c2ccc(C)cc2)cc1. The maximum atomic E-state index is 2.63. The molecule has 0 N–H and O–H groups in total. The van der Waals surface area contributed by atoms with Gasteiger partial charge in [-0.1, -0.05) is 114 Å². The molecule has 0 saturated heterocycles. The molecule has 3 heterocycles. The van der Waals surface area contributed by atoms with Crippen molar-refractivity contribution in [2.75, 3.05) is 14.7 Å². The Kier molecular flexibility index (Phi) is 7.88. The van der Waals surface area contributed by atoms with Gasteiger partial charge >= 0.3 is 0 Å². The normalized spacial score (nSPS) is 13.5. The van der Waals surface area contributed by atoms with Gasteiger partial charge in [0.25, 0.3) is 0 Å². The van der Waals surface area contributed by atoms with Crippen LogP contribution in [0.15, 0.2) is 176 Å². The van der Waals surface area contributed by atoms with Crippen molar-refractivity contribution in [1.29, 1.82) is 0 Å². The highest BCUT2D eigenvalue weighted by molar-refractivity contribution is 7.02. The minimum atomic E-state index is -1.51. The number of fused-ring (bicyclic) bond motifs is 1. The molecule has 9 aromatic carbocycles. The van der Waals surface area contributed by atoms with Crippen molar-refractivity contribution in [1.82, 2.24) is 0 Å². The second-order valence-electron chi connectivity index (χ2n) is 17.2. The third-order valence-electron chi connectivity index (χ3n) is 12.9. The van der Waals surface area contributed by atoms with Crippen LogP contribution in [0.3, 0.4) is 0 Å². The lowest BCUT2D eigenvalue weighted by Crippen LogP contribution is -2.65. The highest BCUT2D eigenvalue weighted by Gasteiger charge is 2.49. The molecule has 12 rings (SSSR count). The highest BCUT2D eigenvalue weighted by atomic mass is 28.3. The molecule has 0 saturated carbocycles. The van der Waals surface area contributed by atoms with Crippen molar-refractivity contribution in [3.05, 3.63) is 204 Å². The van der Waals surface area contributed by atoms with Crippen LogP contribution in [0, 0.1) is 34.6 Å². The van der Waals surface area contributed by atoms with Crippen molar-refractivity contribution in [3.8, 4) is 22.3 Å². The zero-order valence-electron chi connectivity index (χ0n) is 35.1. The maximum Gasteiger partial charge on any atom is 0.171 e. The summed E-state index contributed by atoms with van der Waals surface area (Å²) in [6, 6.07) is 66.4. The second kappa shape index (κ2) is 13.4. The first kappa shape index (κ1) is 35.8. The van der Waals surface area contributed by atoms with Crippen molar-refractivity contribution < 1.29 is 0 Å². The van der Waals surface area contributed by atoms with E-state index < -0.39 is 8.80 Å². The third-order valence-corrected chi connectivity index (χ3v) is 16.0. The molecule has 291 valence electrons. The fourth-order valence-corrected chi connectivity index (χ4v) is 13.7. The predicted octanol–water partition coefficient (Wildman–Crippen LogP) is 13.6. The molecule has 0 fully saturated rings. The number of benzene rings is 9. The quantitative estimate of drug-likeness (QED) is 0.161. The van der Waals surface area contributed by atoms with Crippen LogP contribution in [0.25, 0.3) is 33.0 Å². The van der Waals surface area contributed by atoms with Crippen molar-refractivity contribution in [2.45, 2.75) is 34.6 Å². The number of hydrogen-bond acceptors (Lipinski definition) is 3. The van der Waals surface area contributed by atoms with E-state index in [9.17, 15) is 0 Å². The van der Waals surface area contributed by atoms with E-state index in [1.165, 1.54) is 128 Å². The van der Waals surface area contributed by atoms with Gasteiger partial charge < -0.3 is 14.7 Å². The molecule has 0 amide bonds. The molecule has 1 radical (unpaired) electrons. The Hall–Kier alpha value is -7.14. The average Bonchev–Trinajstić information content (AvgIpc) is 3.27. The number of nitrogens with zero attached hydrogens (tertiary/aromatic N) is 3. The zero-order valence-corrected chi connectivity index (χ0v) is 36.1. The minimum Gasteiger partial charge on any atom is -0.311 e. The largest absolute Gasteiger partial charge is 0.311 e. The molecule has 3 aliphatic heterocycles. The van der Waals surface area contributed by atoms with Crippen LogP contribution in [0.1, 0.15) is 27.8 Å². The standard InChI is InChI=1S/C57H44N3Si/c1-35-18-22-43(23-19-35)58-49-28-37(3)29-50-55(49)61-56-51(58)30-38(4)32-53(56)60(54-33-39(5)31-52(57(54)61)59(50)44-24-20-36(2)21-25-44)48-27-26-45(46-16-9-10-17-47(46)48)42-15-11-14-41(34-42)40-12-7-6-8-13-40/h6-34H,1-5H3. The van der Waals surface area contributed by atoms with Gasteiger partial charge in [-0.05, 0) is 167 Å². The van der Waals surface area contributed by atoms with Gasteiger partial charge in [-0.15, -0.1) is 0 Å². The van der Waals surface area contributed by atoms with Gasteiger partial charge in [0, 0.05) is 50.9 Å². The summed E-state index contributed by atoms with van der Waals surface area (Å²) in [5, 5.41) is 6.86. The summed E-state index contributed by atoms with van der Waals surface area (Å²) < 4.78 is 0. The molecule has 4 heteroatoms. The van der Waals surface area contributed by atoms with E-state index in [2.05, 4.69) is 225 Å². The van der Waals surface area contributed by atoms with Crippen LogP contribution in [-0.2, 0) is 0 Å².